The number of hydrogen-bond donors (Lipinski definition) is 0. The van der Waals surface area contributed by atoms with Gasteiger partial charge in [0.1, 0.15) is 5.82 Å². The zero-order chi connectivity index (χ0) is 9.84. The number of nitriles is 1. The number of rotatable bonds is 2. The molecule has 0 bridgehead atoms. The lowest BCUT2D eigenvalue weighted by molar-refractivity contribution is 0.147. The molecule has 0 radical (unpaired) electrons. The lowest BCUT2D eigenvalue weighted by atomic mass is 10.1. The molecule has 0 heterocycles. The first kappa shape index (κ1) is 10.2. The summed E-state index contributed by atoms with van der Waals surface area (Å²) in [5.74, 6) is -0.394. The Balaban J connectivity index is 3.15. The third-order valence-electron chi connectivity index (χ3n) is 1.62. The standard InChI is InChI=1S/C9H7BrFNO/c1-13-8(5-12)6-3-2-4-7(11)9(6)10/h2-4,8H,1H3. The van der Waals surface area contributed by atoms with E-state index >= 15 is 0 Å². The Bertz CT molecular complexity index is 348. The van der Waals surface area contributed by atoms with E-state index in [2.05, 4.69) is 15.9 Å². The van der Waals surface area contributed by atoms with Crippen LogP contribution < -0.4 is 0 Å². The summed E-state index contributed by atoms with van der Waals surface area (Å²) in [5.41, 5.74) is 0.505. The van der Waals surface area contributed by atoms with Crippen molar-refractivity contribution in [1.82, 2.24) is 0 Å². The molecule has 1 aromatic rings. The van der Waals surface area contributed by atoms with E-state index in [1.807, 2.05) is 6.07 Å². The summed E-state index contributed by atoms with van der Waals surface area (Å²) in [6.07, 6.45) is -0.731. The first-order chi connectivity index (χ1) is 6.20. The van der Waals surface area contributed by atoms with Gasteiger partial charge < -0.3 is 4.74 Å². The number of methoxy groups -OCH3 is 1. The Hall–Kier alpha value is -0.920. The van der Waals surface area contributed by atoms with Gasteiger partial charge in [-0.2, -0.15) is 5.26 Å². The molecule has 4 heteroatoms. The zero-order valence-corrected chi connectivity index (χ0v) is 8.51. The van der Waals surface area contributed by atoms with E-state index in [4.69, 9.17) is 10.00 Å². The average molecular weight is 244 g/mol. The second-order valence-corrected chi connectivity index (χ2v) is 3.18. The minimum Gasteiger partial charge on any atom is -0.362 e. The third-order valence-corrected chi connectivity index (χ3v) is 2.45. The number of hydrogen-bond acceptors (Lipinski definition) is 2. The van der Waals surface area contributed by atoms with Gasteiger partial charge in [0, 0.05) is 12.7 Å². The molecule has 0 N–H and O–H groups in total. The van der Waals surface area contributed by atoms with Crippen LogP contribution >= 0.6 is 15.9 Å². The highest BCUT2D eigenvalue weighted by atomic mass is 79.9. The highest BCUT2D eigenvalue weighted by molar-refractivity contribution is 9.10. The number of benzene rings is 1. The molecule has 0 fully saturated rings. The van der Waals surface area contributed by atoms with Crippen molar-refractivity contribution >= 4 is 15.9 Å². The lowest BCUT2D eigenvalue weighted by Crippen LogP contribution is -2.00. The van der Waals surface area contributed by atoms with Gasteiger partial charge in [-0.25, -0.2) is 4.39 Å². The molecule has 0 aliphatic carbocycles. The lowest BCUT2D eigenvalue weighted by Gasteiger charge is -2.09. The topological polar surface area (TPSA) is 33.0 Å². The molecule has 0 saturated heterocycles. The second-order valence-electron chi connectivity index (χ2n) is 2.39. The van der Waals surface area contributed by atoms with Crippen molar-refractivity contribution in [2.24, 2.45) is 0 Å². The predicted octanol–water partition coefficient (Wildman–Crippen LogP) is 2.80. The maximum atomic E-state index is 13.0. The highest BCUT2D eigenvalue weighted by Crippen LogP contribution is 2.27. The Labute approximate surface area is 84.1 Å². The molecule has 0 saturated carbocycles. The molecule has 0 aliphatic rings. The van der Waals surface area contributed by atoms with E-state index in [0.29, 0.717) is 5.56 Å². The summed E-state index contributed by atoms with van der Waals surface area (Å²) < 4.78 is 18.1. The van der Waals surface area contributed by atoms with Crippen LogP contribution in [-0.2, 0) is 4.74 Å². The van der Waals surface area contributed by atoms with Crippen LogP contribution in [0.4, 0.5) is 4.39 Å². The number of ether oxygens (including phenoxy) is 1. The molecule has 0 amide bonds. The summed E-state index contributed by atoms with van der Waals surface area (Å²) in [4.78, 5) is 0. The van der Waals surface area contributed by atoms with Gasteiger partial charge in [0.25, 0.3) is 0 Å². The SMILES string of the molecule is COC(C#N)c1cccc(F)c1Br. The number of nitrogens with zero attached hydrogens (tertiary/aromatic N) is 1. The molecule has 0 aromatic heterocycles. The van der Waals surface area contributed by atoms with E-state index < -0.39 is 11.9 Å². The second kappa shape index (κ2) is 4.35. The Morgan fingerprint density at radius 2 is 2.31 bits per heavy atom. The molecule has 1 rings (SSSR count). The predicted molar refractivity (Wildman–Crippen MR) is 49.5 cm³/mol. The van der Waals surface area contributed by atoms with Crippen LogP contribution in [0.15, 0.2) is 22.7 Å². The van der Waals surface area contributed by atoms with Crippen molar-refractivity contribution < 1.29 is 9.13 Å². The number of halogens is 2. The smallest absolute Gasteiger partial charge is 0.169 e. The van der Waals surface area contributed by atoms with Crippen LogP contribution in [0.25, 0.3) is 0 Å². The van der Waals surface area contributed by atoms with Gasteiger partial charge in [0.05, 0.1) is 10.5 Å². The monoisotopic (exact) mass is 243 g/mol. The zero-order valence-electron chi connectivity index (χ0n) is 6.92. The van der Waals surface area contributed by atoms with Gasteiger partial charge in [-0.3, -0.25) is 0 Å². The molecule has 0 spiro atoms. The fourth-order valence-corrected chi connectivity index (χ4v) is 1.44. The van der Waals surface area contributed by atoms with E-state index in [9.17, 15) is 4.39 Å². The van der Waals surface area contributed by atoms with Gasteiger partial charge in [0.15, 0.2) is 6.10 Å². The minimum atomic E-state index is -0.731. The summed E-state index contributed by atoms with van der Waals surface area (Å²) in [5, 5.41) is 8.68. The van der Waals surface area contributed by atoms with Gasteiger partial charge in [0.2, 0.25) is 0 Å². The van der Waals surface area contributed by atoms with Gasteiger partial charge in [-0.15, -0.1) is 0 Å². The molecule has 1 aromatic carbocycles. The van der Waals surface area contributed by atoms with Crippen LogP contribution in [0, 0.1) is 17.1 Å². The quantitative estimate of drug-likeness (QED) is 0.801. The van der Waals surface area contributed by atoms with Crippen LogP contribution in [0.5, 0.6) is 0 Å². The normalized spacial score (nSPS) is 12.2. The van der Waals surface area contributed by atoms with Crippen LogP contribution in [0.1, 0.15) is 11.7 Å². The minimum absolute atomic E-state index is 0.281. The Kier molecular flexibility index (Phi) is 3.40. The highest BCUT2D eigenvalue weighted by Gasteiger charge is 2.14. The van der Waals surface area contributed by atoms with Crippen LogP contribution in [0.3, 0.4) is 0 Å². The van der Waals surface area contributed by atoms with Crippen molar-refractivity contribution in [3.8, 4) is 6.07 Å². The molecule has 13 heavy (non-hydrogen) atoms. The molecule has 1 atom stereocenters. The van der Waals surface area contributed by atoms with Crippen molar-refractivity contribution in [3.63, 3.8) is 0 Å². The molecule has 2 nitrogen and oxygen atoms in total. The van der Waals surface area contributed by atoms with Gasteiger partial charge in [-0.05, 0) is 22.0 Å². The maximum Gasteiger partial charge on any atom is 0.169 e. The molecule has 1 unspecified atom stereocenters. The van der Waals surface area contributed by atoms with Crippen molar-refractivity contribution in [1.29, 1.82) is 5.26 Å². The Morgan fingerprint density at radius 1 is 1.62 bits per heavy atom. The van der Waals surface area contributed by atoms with E-state index in [1.54, 1.807) is 12.1 Å². The van der Waals surface area contributed by atoms with Crippen molar-refractivity contribution in [3.05, 3.63) is 34.1 Å². The van der Waals surface area contributed by atoms with Gasteiger partial charge in [-0.1, -0.05) is 12.1 Å². The molecule has 68 valence electrons. The van der Waals surface area contributed by atoms with Crippen molar-refractivity contribution in [2.75, 3.05) is 7.11 Å². The van der Waals surface area contributed by atoms with Crippen LogP contribution in [0.2, 0.25) is 0 Å². The average Bonchev–Trinajstić information content (AvgIpc) is 2.14. The van der Waals surface area contributed by atoms with E-state index in [-0.39, 0.29) is 4.47 Å². The van der Waals surface area contributed by atoms with E-state index in [0.717, 1.165) is 0 Å². The third kappa shape index (κ3) is 2.06. The molecular formula is C9H7BrFNO. The molecule has 0 aliphatic heterocycles. The summed E-state index contributed by atoms with van der Waals surface area (Å²) in [6, 6.07) is 6.42. The first-order valence-corrected chi connectivity index (χ1v) is 4.36. The summed E-state index contributed by atoms with van der Waals surface area (Å²) in [7, 11) is 1.41. The van der Waals surface area contributed by atoms with Gasteiger partial charge >= 0.3 is 0 Å². The van der Waals surface area contributed by atoms with Crippen LogP contribution in [-0.4, -0.2) is 7.11 Å². The molecular weight excluding hydrogens is 237 g/mol. The van der Waals surface area contributed by atoms with E-state index in [1.165, 1.54) is 13.2 Å². The fourth-order valence-electron chi connectivity index (χ4n) is 0.972. The largest absolute Gasteiger partial charge is 0.362 e. The fraction of sp³-hybridized carbons (Fsp3) is 0.222. The summed E-state index contributed by atoms with van der Waals surface area (Å²) >= 11 is 3.06. The summed E-state index contributed by atoms with van der Waals surface area (Å²) in [6.45, 7) is 0. The Morgan fingerprint density at radius 3 is 2.85 bits per heavy atom. The van der Waals surface area contributed by atoms with Crippen molar-refractivity contribution in [2.45, 2.75) is 6.10 Å². The first-order valence-electron chi connectivity index (χ1n) is 3.57. The maximum absolute atomic E-state index is 13.0.